The Hall–Kier alpha value is -0.100. The number of sulfone groups is 2. The van der Waals surface area contributed by atoms with Gasteiger partial charge in [-0.1, -0.05) is 53.4 Å². The van der Waals surface area contributed by atoms with Gasteiger partial charge in [-0.05, 0) is 12.8 Å². The van der Waals surface area contributed by atoms with Crippen molar-refractivity contribution >= 4 is 19.7 Å². The maximum absolute atomic E-state index is 12.5. The van der Waals surface area contributed by atoms with Crippen LogP contribution in [0, 0.1) is 0 Å². The lowest BCUT2D eigenvalue weighted by molar-refractivity contribution is 0.487. The van der Waals surface area contributed by atoms with Crippen LogP contribution in [0.2, 0.25) is 0 Å². The topological polar surface area (TPSA) is 68.3 Å². The summed E-state index contributed by atoms with van der Waals surface area (Å²) in [5.74, 6) is -0.223. The number of unbranched alkanes of at least 4 members (excludes halogenated alkanes) is 2. The zero-order chi connectivity index (χ0) is 15.2. The van der Waals surface area contributed by atoms with Gasteiger partial charge >= 0.3 is 0 Å². The van der Waals surface area contributed by atoms with Crippen molar-refractivity contribution in [2.24, 2.45) is 0 Å². The van der Waals surface area contributed by atoms with Crippen LogP contribution in [0.3, 0.4) is 0 Å². The van der Waals surface area contributed by atoms with Crippen molar-refractivity contribution in [2.75, 3.05) is 11.5 Å². The summed E-state index contributed by atoms with van der Waals surface area (Å²) >= 11 is 0. The van der Waals surface area contributed by atoms with E-state index in [1.807, 2.05) is 13.8 Å². The monoisotopic (exact) mass is 312 g/mol. The molecule has 4 nitrogen and oxygen atoms in total. The molecule has 19 heavy (non-hydrogen) atoms. The molecular formula is C13H28O4S2. The first-order valence-electron chi connectivity index (χ1n) is 7.19. The smallest absolute Gasteiger partial charge is 0.173 e. The standard InChI is InChI=1S/C13H28O4S2/c1-5-9-11-13(12-10-6-2,18(14,15)7-3)19(16,17)8-4/h5-12H2,1-4H3. The maximum atomic E-state index is 12.5. The van der Waals surface area contributed by atoms with Crippen molar-refractivity contribution in [2.45, 2.75) is 70.3 Å². The first-order valence-corrected chi connectivity index (χ1v) is 10.5. The lowest BCUT2D eigenvalue weighted by Gasteiger charge is -2.32. The summed E-state index contributed by atoms with van der Waals surface area (Å²) in [5.41, 5.74) is 0. The third-order valence-electron chi connectivity index (χ3n) is 3.72. The molecule has 0 saturated heterocycles. The van der Waals surface area contributed by atoms with Crippen LogP contribution in [-0.4, -0.2) is 32.4 Å². The summed E-state index contributed by atoms with van der Waals surface area (Å²) in [6, 6.07) is 0. The van der Waals surface area contributed by atoms with Crippen LogP contribution < -0.4 is 0 Å². The first kappa shape index (κ1) is 18.9. The number of hydrogen-bond donors (Lipinski definition) is 0. The predicted molar refractivity (Wildman–Crippen MR) is 80.7 cm³/mol. The Morgan fingerprint density at radius 2 is 1.00 bits per heavy atom. The molecule has 0 aromatic rings. The van der Waals surface area contributed by atoms with Crippen LogP contribution in [0.5, 0.6) is 0 Å². The predicted octanol–water partition coefficient (Wildman–Crippen LogP) is 2.93. The van der Waals surface area contributed by atoms with Crippen LogP contribution in [0.25, 0.3) is 0 Å². The maximum Gasteiger partial charge on any atom is 0.173 e. The van der Waals surface area contributed by atoms with Gasteiger partial charge in [-0.25, -0.2) is 16.8 Å². The average Bonchev–Trinajstić information content (AvgIpc) is 2.38. The van der Waals surface area contributed by atoms with Gasteiger partial charge in [0.25, 0.3) is 0 Å². The van der Waals surface area contributed by atoms with E-state index in [0.717, 1.165) is 12.8 Å². The van der Waals surface area contributed by atoms with E-state index in [1.165, 1.54) is 13.8 Å². The minimum Gasteiger partial charge on any atom is -0.227 e. The van der Waals surface area contributed by atoms with Gasteiger partial charge in [-0.3, -0.25) is 0 Å². The summed E-state index contributed by atoms with van der Waals surface area (Å²) in [5, 5.41) is 0. The van der Waals surface area contributed by atoms with E-state index in [0.29, 0.717) is 12.8 Å². The van der Waals surface area contributed by atoms with Gasteiger partial charge in [0, 0.05) is 11.5 Å². The van der Waals surface area contributed by atoms with Gasteiger partial charge in [0.15, 0.2) is 23.8 Å². The number of rotatable bonds is 10. The first-order chi connectivity index (χ1) is 8.74. The van der Waals surface area contributed by atoms with Gasteiger partial charge in [0.2, 0.25) is 0 Å². The highest BCUT2D eigenvalue weighted by atomic mass is 32.3. The van der Waals surface area contributed by atoms with E-state index in [9.17, 15) is 16.8 Å². The molecule has 116 valence electrons. The molecule has 0 aliphatic heterocycles. The Labute approximate surface area is 118 Å². The van der Waals surface area contributed by atoms with E-state index in [2.05, 4.69) is 0 Å². The molecule has 6 heteroatoms. The minimum absolute atomic E-state index is 0.111. The molecule has 0 radical (unpaired) electrons. The third kappa shape index (κ3) is 3.94. The number of hydrogen-bond acceptors (Lipinski definition) is 4. The molecule has 0 N–H and O–H groups in total. The van der Waals surface area contributed by atoms with Crippen molar-refractivity contribution in [1.29, 1.82) is 0 Å². The second-order valence-corrected chi connectivity index (χ2v) is 10.4. The van der Waals surface area contributed by atoms with Gasteiger partial charge in [0.1, 0.15) is 0 Å². The molecule has 0 aliphatic carbocycles. The lowest BCUT2D eigenvalue weighted by atomic mass is 10.1. The molecule has 0 fully saturated rings. The molecule has 0 aliphatic rings. The van der Waals surface area contributed by atoms with Gasteiger partial charge in [-0.15, -0.1) is 0 Å². The minimum atomic E-state index is -3.62. The summed E-state index contributed by atoms with van der Waals surface area (Å²) in [6.07, 6.45) is 3.31. The van der Waals surface area contributed by atoms with Crippen molar-refractivity contribution < 1.29 is 16.8 Å². The molecular weight excluding hydrogens is 284 g/mol. The fourth-order valence-corrected chi connectivity index (χ4v) is 7.49. The molecule has 0 bridgehead atoms. The highest BCUT2D eigenvalue weighted by molar-refractivity contribution is 8.10. The van der Waals surface area contributed by atoms with Crippen LogP contribution in [0.1, 0.15) is 66.2 Å². The highest BCUT2D eigenvalue weighted by Crippen LogP contribution is 2.37. The quantitative estimate of drug-likeness (QED) is 0.622. The van der Waals surface area contributed by atoms with Crippen molar-refractivity contribution in [3.8, 4) is 0 Å². The van der Waals surface area contributed by atoms with Crippen LogP contribution in [0.4, 0.5) is 0 Å². The third-order valence-corrected chi connectivity index (χ3v) is 9.84. The molecule has 0 atom stereocenters. The van der Waals surface area contributed by atoms with E-state index >= 15 is 0 Å². The molecule has 0 rings (SSSR count). The average molecular weight is 312 g/mol. The van der Waals surface area contributed by atoms with E-state index < -0.39 is 23.8 Å². The Bertz CT molecular complexity index is 405. The lowest BCUT2D eigenvalue weighted by Crippen LogP contribution is -2.48. The Kier molecular flexibility index (Phi) is 7.58. The van der Waals surface area contributed by atoms with E-state index in [4.69, 9.17) is 0 Å². The summed E-state index contributed by atoms with van der Waals surface area (Å²) in [7, 11) is -7.25. The second-order valence-electron chi connectivity index (χ2n) is 4.92. The summed E-state index contributed by atoms with van der Waals surface area (Å²) in [4.78, 5) is 0. The van der Waals surface area contributed by atoms with E-state index in [-0.39, 0.29) is 24.3 Å². The zero-order valence-corrected chi connectivity index (χ0v) is 14.2. The molecule has 0 aromatic carbocycles. The fourth-order valence-electron chi connectivity index (χ4n) is 2.36. The molecule has 0 aromatic heterocycles. The van der Waals surface area contributed by atoms with Crippen molar-refractivity contribution in [3.63, 3.8) is 0 Å². The van der Waals surface area contributed by atoms with Crippen molar-refractivity contribution in [1.82, 2.24) is 0 Å². The largest absolute Gasteiger partial charge is 0.227 e. The van der Waals surface area contributed by atoms with Crippen LogP contribution in [-0.2, 0) is 19.7 Å². The second kappa shape index (κ2) is 7.62. The van der Waals surface area contributed by atoms with Crippen molar-refractivity contribution in [3.05, 3.63) is 0 Å². The Balaban J connectivity index is 5.87. The molecule has 0 saturated carbocycles. The van der Waals surface area contributed by atoms with Gasteiger partial charge in [0.05, 0.1) is 0 Å². The van der Waals surface area contributed by atoms with Gasteiger partial charge in [-0.2, -0.15) is 0 Å². The Morgan fingerprint density at radius 1 is 0.684 bits per heavy atom. The van der Waals surface area contributed by atoms with Crippen LogP contribution >= 0.6 is 0 Å². The SMILES string of the molecule is CCCCC(CCCC)(S(=O)(=O)CC)S(=O)(=O)CC. The summed E-state index contributed by atoms with van der Waals surface area (Å²) in [6.45, 7) is 6.96. The molecule has 0 unspecified atom stereocenters. The Morgan fingerprint density at radius 3 is 1.21 bits per heavy atom. The zero-order valence-electron chi connectivity index (χ0n) is 12.6. The molecule has 0 spiro atoms. The van der Waals surface area contributed by atoms with Gasteiger partial charge < -0.3 is 0 Å². The fraction of sp³-hybridized carbons (Fsp3) is 1.00. The highest BCUT2D eigenvalue weighted by Gasteiger charge is 2.51. The normalized spacial score (nSPS) is 13.7. The summed E-state index contributed by atoms with van der Waals surface area (Å²) < 4.78 is 48.3. The molecule has 0 heterocycles. The molecule has 0 amide bonds. The van der Waals surface area contributed by atoms with E-state index in [1.54, 1.807) is 0 Å². The van der Waals surface area contributed by atoms with Crippen LogP contribution in [0.15, 0.2) is 0 Å².